The molecule has 0 aliphatic heterocycles. The van der Waals surface area contributed by atoms with Gasteiger partial charge in [-0.05, 0) is 85.1 Å². The molecule has 0 spiro atoms. The normalized spacial score (nSPS) is 33.8. The molecule has 0 amide bonds. The second kappa shape index (κ2) is 8.76. The van der Waals surface area contributed by atoms with Crippen molar-refractivity contribution in [3.05, 3.63) is 58.2 Å². The first kappa shape index (κ1) is 26.1. The van der Waals surface area contributed by atoms with E-state index in [9.17, 15) is 23.1 Å². The van der Waals surface area contributed by atoms with Gasteiger partial charge in [0.05, 0.1) is 6.07 Å². The van der Waals surface area contributed by atoms with Gasteiger partial charge in [0.15, 0.2) is 5.78 Å². The number of benzene rings is 1. The summed E-state index contributed by atoms with van der Waals surface area (Å²) in [4.78, 5) is 12.1. The van der Waals surface area contributed by atoms with E-state index in [4.69, 9.17) is 5.26 Å². The van der Waals surface area contributed by atoms with Gasteiger partial charge in [-0.1, -0.05) is 36.8 Å². The van der Waals surface area contributed by atoms with Crippen LogP contribution in [0.25, 0.3) is 0 Å². The van der Waals surface area contributed by atoms with E-state index in [0.717, 1.165) is 27.8 Å². The molecule has 37 heavy (non-hydrogen) atoms. The number of hydrogen-bond donors (Lipinski definition) is 1. The lowest BCUT2D eigenvalue weighted by Gasteiger charge is -2.56. The van der Waals surface area contributed by atoms with E-state index in [2.05, 4.69) is 6.07 Å². The van der Waals surface area contributed by atoms with Crippen molar-refractivity contribution in [3.8, 4) is 6.07 Å². The third kappa shape index (κ3) is 3.79. The molecule has 3 nitrogen and oxygen atoms in total. The van der Waals surface area contributed by atoms with Crippen LogP contribution in [-0.2, 0) is 11.2 Å². The van der Waals surface area contributed by atoms with Gasteiger partial charge < -0.3 is 5.11 Å². The Morgan fingerprint density at radius 2 is 1.78 bits per heavy atom. The highest BCUT2D eigenvalue weighted by atomic mass is 19.4. The fourth-order valence-corrected chi connectivity index (χ4v) is 7.83. The van der Waals surface area contributed by atoms with Gasteiger partial charge in [0.25, 0.3) is 0 Å². The van der Waals surface area contributed by atoms with E-state index in [1.54, 1.807) is 6.08 Å². The van der Waals surface area contributed by atoms with E-state index < -0.39 is 41.4 Å². The zero-order valence-corrected chi connectivity index (χ0v) is 20.7. The average molecular weight is 520 g/mol. The minimum atomic E-state index is -5.86. The Bertz CT molecular complexity index is 1210. The van der Waals surface area contributed by atoms with Crippen LogP contribution < -0.4 is 0 Å². The lowest BCUT2D eigenvalue weighted by molar-refractivity contribution is -0.362. The second-order valence-electron chi connectivity index (χ2n) is 11.4. The summed E-state index contributed by atoms with van der Waals surface area (Å²) in [5, 5.41) is 20.2. The van der Waals surface area contributed by atoms with Crippen molar-refractivity contribution >= 4 is 5.78 Å². The van der Waals surface area contributed by atoms with E-state index in [1.807, 2.05) is 24.3 Å². The van der Waals surface area contributed by atoms with Crippen LogP contribution in [0.15, 0.2) is 47.1 Å². The molecule has 2 saturated carbocycles. The van der Waals surface area contributed by atoms with Gasteiger partial charge in [0.2, 0.25) is 0 Å². The number of fused-ring (bicyclic) bond motifs is 4. The first-order valence-electron chi connectivity index (χ1n) is 12.9. The molecule has 4 aliphatic rings. The number of nitrogens with zero attached hydrogens (tertiary/aromatic N) is 1. The maximum Gasteiger partial charge on any atom is 0.456 e. The highest BCUT2D eigenvalue weighted by Gasteiger charge is 2.79. The van der Waals surface area contributed by atoms with Crippen LogP contribution >= 0.6 is 0 Å². The van der Waals surface area contributed by atoms with Crippen LogP contribution in [0.1, 0.15) is 75.3 Å². The predicted molar refractivity (Wildman–Crippen MR) is 127 cm³/mol. The summed E-state index contributed by atoms with van der Waals surface area (Å²) in [7, 11) is 0. The highest BCUT2D eigenvalue weighted by molar-refractivity contribution is 5.93. The molecule has 4 aliphatic carbocycles. The lowest BCUT2D eigenvalue weighted by atomic mass is 9.50. The van der Waals surface area contributed by atoms with Crippen molar-refractivity contribution in [2.24, 2.45) is 17.3 Å². The predicted octanol–water partition coefficient (Wildman–Crippen LogP) is 6.97. The van der Waals surface area contributed by atoms with Gasteiger partial charge in [-0.15, -0.1) is 0 Å². The monoisotopic (exact) mass is 519 g/mol. The Labute approximate surface area is 213 Å². The summed E-state index contributed by atoms with van der Waals surface area (Å²) >= 11 is 0. The molecule has 0 heterocycles. The number of allylic oxidation sites excluding steroid dienone is 4. The standard InChI is InChI=1S/C29H30F5NO2/c1-26-16-23(18-6-4-17(5-7-18)3-2-14-35)25-21-11-9-20(36)15-19(21)8-10-22(25)24(26)12-13-27(26,37)28(30,31)29(32,33)34/h4-7,15,22-24,37H,2-3,8-13,16H2,1H3/t22?,23-,24?,26+,27+/m1/s1. The van der Waals surface area contributed by atoms with Crippen molar-refractivity contribution in [3.63, 3.8) is 0 Å². The zero-order valence-electron chi connectivity index (χ0n) is 20.7. The van der Waals surface area contributed by atoms with E-state index in [-0.39, 0.29) is 24.5 Å². The van der Waals surface area contributed by atoms with Gasteiger partial charge in [-0.3, -0.25) is 4.79 Å². The molecule has 1 aromatic carbocycles. The molecule has 8 heteroatoms. The SMILES string of the molecule is C[C@]12C[C@H](c3ccc(CCC#N)cc3)C3=C4CCC(=O)C=C4CCC3C1CC[C@@]2(O)C(F)(F)C(F)(F)F. The summed E-state index contributed by atoms with van der Waals surface area (Å²) in [6, 6.07) is 9.58. The van der Waals surface area contributed by atoms with E-state index in [0.29, 0.717) is 38.5 Å². The Morgan fingerprint density at radius 1 is 1.08 bits per heavy atom. The molecule has 0 saturated heterocycles. The topological polar surface area (TPSA) is 61.1 Å². The quantitative estimate of drug-likeness (QED) is 0.437. The van der Waals surface area contributed by atoms with Crippen LogP contribution in [0.2, 0.25) is 0 Å². The fraction of sp³-hybridized carbons (Fsp3) is 0.586. The lowest BCUT2D eigenvalue weighted by Crippen LogP contribution is -2.65. The molecule has 0 aromatic heterocycles. The number of nitriles is 1. The number of ketones is 1. The first-order valence-corrected chi connectivity index (χ1v) is 12.9. The summed E-state index contributed by atoms with van der Waals surface area (Å²) in [5.74, 6) is -6.38. The molecule has 1 N–H and O–H groups in total. The van der Waals surface area contributed by atoms with Gasteiger partial charge in [0, 0.05) is 24.2 Å². The van der Waals surface area contributed by atoms with Crippen LogP contribution in [0, 0.1) is 28.6 Å². The number of halogens is 5. The Balaban J connectivity index is 1.65. The van der Waals surface area contributed by atoms with E-state index in [1.165, 1.54) is 6.92 Å². The second-order valence-corrected chi connectivity index (χ2v) is 11.4. The minimum absolute atomic E-state index is 0.0338. The molecule has 0 bridgehead atoms. The summed E-state index contributed by atoms with van der Waals surface area (Å²) in [5.41, 5.74) is -0.0651. The van der Waals surface area contributed by atoms with Crippen LogP contribution in [0.3, 0.4) is 0 Å². The minimum Gasteiger partial charge on any atom is -0.383 e. The zero-order chi connectivity index (χ0) is 26.8. The molecular formula is C29H30F5NO2. The number of rotatable bonds is 4. The van der Waals surface area contributed by atoms with Gasteiger partial charge in [-0.2, -0.15) is 27.2 Å². The number of aryl methyl sites for hydroxylation is 1. The molecule has 0 radical (unpaired) electrons. The molecular weight excluding hydrogens is 489 g/mol. The van der Waals surface area contributed by atoms with Gasteiger partial charge in [0.1, 0.15) is 5.60 Å². The number of carbonyl (C=O) groups excluding carboxylic acids is 1. The molecule has 198 valence electrons. The number of hydrogen-bond acceptors (Lipinski definition) is 3. The van der Waals surface area contributed by atoms with Crippen LogP contribution in [-0.4, -0.2) is 28.6 Å². The van der Waals surface area contributed by atoms with Crippen molar-refractivity contribution in [2.75, 3.05) is 0 Å². The van der Waals surface area contributed by atoms with Crippen LogP contribution in [0.4, 0.5) is 22.0 Å². The maximum atomic E-state index is 15.0. The smallest absolute Gasteiger partial charge is 0.383 e. The average Bonchev–Trinajstić information content (AvgIpc) is 3.13. The Kier molecular flexibility index (Phi) is 6.18. The summed E-state index contributed by atoms with van der Waals surface area (Å²) < 4.78 is 70.9. The van der Waals surface area contributed by atoms with Crippen molar-refractivity contribution in [1.29, 1.82) is 5.26 Å². The molecule has 5 rings (SSSR count). The molecule has 5 atom stereocenters. The Morgan fingerprint density at radius 3 is 2.43 bits per heavy atom. The third-order valence-corrected chi connectivity index (χ3v) is 9.67. The molecule has 2 fully saturated rings. The van der Waals surface area contributed by atoms with Crippen LogP contribution in [0.5, 0.6) is 0 Å². The van der Waals surface area contributed by atoms with Crippen molar-refractivity contribution < 1.29 is 31.9 Å². The van der Waals surface area contributed by atoms with E-state index >= 15 is 8.78 Å². The maximum absolute atomic E-state index is 15.0. The molecule has 2 unspecified atom stereocenters. The van der Waals surface area contributed by atoms with Gasteiger partial charge >= 0.3 is 12.1 Å². The number of alkyl halides is 5. The van der Waals surface area contributed by atoms with Crippen molar-refractivity contribution in [2.45, 2.75) is 88.3 Å². The summed E-state index contributed by atoms with van der Waals surface area (Å²) in [6.45, 7) is 1.43. The van der Waals surface area contributed by atoms with Gasteiger partial charge in [-0.25, -0.2) is 0 Å². The highest BCUT2D eigenvalue weighted by Crippen LogP contribution is 2.70. The first-order chi connectivity index (χ1) is 17.3. The number of carbonyl (C=O) groups is 1. The molecule has 1 aromatic rings. The summed E-state index contributed by atoms with van der Waals surface area (Å²) in [6.07, 6.45) is -1.80. The number of aliphatic hydroxyl groups is 1. The van der Waals surface area contributed by atoms with Crippen molar-refractivity contribution in [1.82, 2.24) is 0 Å². The largest absolute Gasteiger partial charge is 0.456 e. The fourth-order valence-electron chi connectivity index (χ4n) is 7.83. The Hall–Kier alpha value is -2.53. The third-order valence-electron chi connectivity index (χ3n) is 9.67.